The number of rotatable bonds is 76. The molecule has 0 saturated heterocycles. The maximum Gasteiger partial charge on any atom is 0.323 e. The zero-order valence-corrected chi connectivity index (χ0v) is 70.4. The molecule has 0 aliphatic heterocycles. The van der Waals surface area contributed by atoms with Crippen molar-refractivity contribution >= 4 is 51.8 Å². The van der Waals surface area contributed by atoms with E-state index in [9.17, 15) is 4.80 Å². The highest BCUT2D eigenvalue weighted by molar-refractivity contribution is 6.91. The van der Waals surface area contributed by atoms with Crippen molar-refractivity contribution in [3.8, 4) is 0 Å². The largest absolute Gasteiger partial charge is 0.439 e. The molecule has 0 aromatic rings. The summed E-state index contributed by atoms with van der Waals surface area (Å²) in [6.07, 6.45) is 80.1. The molecule has 0 amide bonds. The van der Waals surface area contributed by atoms with E-state index in [-0.39, 0.29) is 0 Å². The maximum atomic E-state index is 12.6. The Hall–Kier alpha value is 1.06. The van der Waals surface area contributed by atoms with E-state index in [2.05, 4.69) is 80.8 Å². The van der Waals surface area contributed by atoms with Gasteiger partial charge in [0.15, 0.2) is 9.04 Å². The van der Waals surface area contributed by atoms with E-state index in [1.54, 1.807) is 0 Å². The van der Waals surface area contributed by atoms with Crippen LogP contribution in [0.2, 0.25) is 75.5 Å². The Morgan fingerprint density at radius 1 is 0.211 bits per heavy atom. The van der Waals surface area contributed by atoms with Gasteiger partial charge in [-0.25, -0.2) is 0 Å². The van der Waals surface area contributed by atoms with Crippen LogP contribution in [-0.4, -0.2) is 56.6 Å². The van der Waals surface area contributed by atoms with Gasteiger partial charge in [-0.1, -0.05) is 427 Å². The zero-order valence-electron chi connectivity index (χ0n) is 64.2. The first-order chi connectivity index (χ1) is 43.6. The smallest absolute Gasteiger partial charge is 0.323 e. The number of unbranched alkanes of at least 4 members (excludes halogenated alkanes) is 54. The average Bonchev–Trinajstić information content (AvgIpc) is 0.854. The Bertz CT molecular complexity index is 1450. The predicted molar refractivity (Wildman–Crippen MR) is 419 cm³/mol. The fourth-order valence-corrected chi connectivity index (χ4v) is 44.4. The summed E-state index contributed by atoms with van der Waals surface area (Å²) < 4.78 is 39.5. The van der Waals surface area contributed by atoms with Gasteiger partial charge in [0.25, 0.3) is 0 Å². The van der Waals surface area contributed by atoms with Crippen molar-refractivity contribution in [2.75, 3.05) is 0 Å². The first kappa shape index (κ1) is 91.1. The minimum Gasteiger partial charge on any atom is -0.439 e. The summed E-state index contributed by atoms with van der Waals surface area (Å²) in [5, 5.41) is 0. The molecule has 0 bridgehead atoms. The molecular formula is C78H170O6Si6. The molecule has 0 heterocycles. The second-order valence-electron chi connectivity index (χ2n) is 30.7. The second kappa shape index (κ2) is 64.7. The lowest BCUT2D eigenvalue weighted by Gasteiger charge is -2.46. The van der Waals surface area contributed by atoms with Crippen molar-refractivity contribution in [2.45, 2.75) is 502 Å². The van der Waals surface area contributed by atoms with Crippen molar-refractivity contribution in [1.82, 2.24) is 0 Å². The Morgan fingerprint density at radius 3 is 0.611 bits per heavy atom. The molecule has 0 rings (SSSR count). The molecule has 90 heavy (non-hydrogen) atoms. The summed E-state index contributed by atoms with van der Waals surface area (Å²) in [7, 11) is -16.0. The van der Waals surface area contributed by atoms with E-state index < -0.39 is 51.8 Å². The van der Waals surface area contributed by atoms with Crippen LogP contribution in [-0.2, 0) is 20.6 Å². The van der Waals surface area contributed by atoms with Crippen molar-refractivity contribution < 1.29 is 25.4 Å². The van der Waals surface area contributed by atoms with E-state index in [4.69, 9.17) is 20.6 Å². The minimum absolute atomic E-state index is 0.806. The highest BCUT2D eigenvalue weighted by atomic mass is 28.5. The summed E-state index contributed by atoms with van der Waals surface area (Å²) in [5.41, 5.74) is 0. The molecule has 0 aliphatic rings. The van der Waals surface area contributed by atoms with Crippen LogP contribution in [0, 0.1) is 0 Å². The molecule has 6 unspecified atom stereocenters. The van der Waals surface area contributed by atoms with E-state index in [0.717, 1.165) is 49.5 Å². The first-order valence-electron chi connectivity index (χ1n) is 41.8. The third-order valence-electron chi connectivity index (χ3n) is 20.1. The minimum atomic E-state index is -3.04. The molecule has 0 aromatic heterocycles. The topological polar surface area (TPSA) is 66.4 Å². The van der Waals surface area contributed by atoms with Crippen LogP contribution in [0.3, 0.4) is 0 Å². The number of hydrogen-bond donors (Lipinski definition) is 1. The first-order valence-corrected chi connectivity index (χ1v) is 56.9. The van der Waals surface area contributed by atoms with Gasteiger partial charge >= 0.3 is 42.8 Å². The van der Waals surface area contributed by atoms with Crippen LogP contribution in [0.5, 0.6) is 0 Å². The molecule has 0 radical (unpaired) electrons. The standard InChI is InChI=1S/C78H170O6Si6/c1-13-19-25-31-37-43-49-55-61-67-73-85(7)80-87(9,75-69-63-57-51-45-39-33-27-21-15-3)82-89(11,77-71-65-59-53-47-41-35-29-23-17-5)84-90(12,78-72-66-60-54-48-42-36-30-24-18-6)83-88(10,76-70-64-58-52-46-40-34-28-22-16-4)81-86(8,79)74-68-62-56-50-44-38-32-26-20-14-2/h79,85H,13-78H2,1-12H3. The average molecular weight is 1370 g/mol. The Kier molecular flexibility index (Phi) is 65.5. The monoisotopic (exact) mass is 1370 g/mol. The van der Waals surface area contributed by atoms with Gasteiger partial charge in [0.05, 0.1) is 0 Å². The summed E-state index contributed by atoms with van der Waals surface area (Å²) in [6.45, 7) is 28.4. The van der Waals surface area contributed by atoms with Crippen molar-refractivity contribution in [2.24, 2.45) is 0 Å². The van der Waals surface area contributed by atoms with Crippen LogP contribution >= 0.6 is 0 Å². The molecule has 12 heteroatoms. The van der Waals surface area contributed by atoms with Crippen LogP contribution in [0.1, 0.15) is 427 Å². The molecule has 0 aliphatic carbocycles. The van der Waals surface area contributed by atoms with Gasteiger partial charge in [-0.05, 0) is 75.5 Å². The summed E-state index contributed by atoms with van der Waals surface area (Å²) in [6, 6.07) is 6.11. The zero-order chi connectivity index (χ0) is 66.3. The molecule has 6 nitrogen and oxygen atoms in total. The molecule has 0 saturated carbocycles. The molecule has 1 N–H and O–H groups in total. The quantitative estimate of drug-likeness (QED) is 0.0484. The Balaban J connectivity index is 7.16. The Morgan fingerprint density at radius 2 is 0.378 bits per heavy atom. The Labute approximate surface area is 575 Å². The van der Waals surface area contributed by atoms with Crippen LogP contribution in [0.4, 0.5) is 0 Å². The SMILES string of the molecule is CCCCCCCCCCCC[SiH](C)O[Si](C)(CCCCCCCCCCCC)O[Si](C)(CCCCCCCCCCCC)O[Si](C)(CCCCCCCCCCCC)O[Si](C)(CCCCCCCCCCCC)O[Si](C)(O)CCCCCCCCCCCC. The highest BCUT2D eigenvalue weighted by Gasteiger charge is 2.52. The van der Waals surface area contributed by atoms with Crippen LogP contribution in [0.25, 0.3) is 0 Å². The van der Waals surface area contributed by atoms with Crippen molar-refractivity contribution in [3.05, 3.63) is 0 Å². The van der Waals surface area contributed by atoms with Crippen molar-refractivity contribution in [1.29, 1.82) is 0 Å². The van der Waals surface area contributed by atoms with Gasteiger partial charge in [-0.15, -0.1) is 0 Å². The molecular weight excluding hydrogens is 1200 g/mol. The van der Waals surface area contributed by atoms with E-state index in [0.29, 0.717) is 0 Å². The lowest BCUT2D eigenvalue weighted by molar-refractivity contribution is 0.251. The van der Waals surface area contributed by atoms with E-state index >= 15 is 0 Å². The van der Waals surface area contributed by atoms with Gasteiger partial charge in [-0.2, -0.15) is 0 Å². The summed E-state index contributed by atoms with van der Waals surface area (Å²) >= 11 is 0. The third kappa shape index (κ3) is 60.3. The normalized spacial score (nSPS) is 15.8. The van der Waals surface area contributed by atoms with Gasteiger partial charge in [-0.3, -0.25) is 0 Å². The van der Waals surface area contributed by atoms with Gasteiger partial charge in [0, 0.05) is 0 Å². The van der Waals surface area contributed by atoms with Gasteiger partial charge in [0.2, 0.25) is 0 Å². The van der Waals surface area contributed by atoms with E-state index in [1.165, 1.54) is 372 Å². The van der Waals surface area contributed by atoms with Gasteiger partial charge < -0.3 is 25.4 Å². The fraction of sp³-hybridized carbons (Fsp3) is 1.00. The molecule has 6 atom stereocenters. The fourth-order valence-electron chi connectivity index (χ4n) is 14.5. The highest BCUT2D eigenvalue weighted by Crippen LogP contribution is 2.37. The van der Waals surface area contributed by atoms with Crippen molar-refractivity contribution in [3.63, 3.8) is 0 Å². The molecule has 0 spiro atoms. The summed E-state index contributed by atoms with van der Waals surface area (Å²) in [4.78, 5) is 12.6. The lowest BCUT2D eigenvalue weighted by atomic mass is 10.1. The predicted octanol–water partition coefficient (Wildman–Crippen LogP) is 29.3. The third-order valence-corrected chi connectivity index (χ3v) is 45.1. The molecule has 542 valence electrons. The summed E-state index contributed by atoms with van der Waals surface area (Å²) in [5.74, 6) is 0. The van der Waals surface area contributed by atoms with Crippen LogP contribution < -0.4 is 0 Å². The van der Waals surface area contributed by atoms with E-state index in [1.807, 2.05) is 0 Å². The van der Waals surface area contributed by atoms with Crippen LogP contribution in [0.15, 0.2) is 0 Å². The molecule has 0 fully saturated rings. The lowest BCUT2D eigenvalue weighted by Crippen LogP contribution is -2.62. The maximum absolute atomic E-state index is 12.6. The van der Waals surface area contributed by atoms with Gasteiger partial charge in [0.1, 0.15) is 0 Å². The second-order valence-corrected chi connectivity index (χ2v) is 51.0. The number of hydrogen-bond acceptors (Lipinski definition) is 6. The molecule has 0 aromatic carbocycles.